The lowest BCUT2D eigenvalue weighted by Crippen LogP contribution is -2.14. The molecule has 1 N–H and O–H groups in total. The van der Waals surface area contributed by atoms with Gasteiger partial charge in [-0.25, -0.2) is 0 Å². The third kappa shape index (κ3) is 3.44. The number of aryl methyl sites for hydroxylation is 3. The Hall–Kier alpha value is -2.16. The summed E-state index contributed by atoms with van der Waals surface area (Å²) in [7, 11) is 0. The third-order valence-corrected chi connectivity index (χ3v) is 3.57. The van der Waals surface area contributed by atoms with Crippen molar-refractivity contribution in [3.8, 4) is 0 Å². The number of benzene rings is 1. The Morgan fingerprint density at radius 2 is 1.90 bits per heavy atom. The summed E-state index contributed by atoms with van der Waals surface area (Å²) < 4.78 is 0. The van der Waals surface area contributed by atoms with Crippen LogP contribution < -0.4 is 0 Å². The van der Waals surface area contributed by atoms with Gasteiger partial charge in [-0.2, -0.15) is 0 Å². The molecule has 0 aliphatic heterocycles. The van der Waals surface area contributed by atoms with Gasteiger partial charge in [0.25, 0.3) is 0 Å². The highest BCUT2D eigenvalue weighted by atomic mass is 16.4. The topological polar surface area (TPSA) is 50.2 Å². The molecular weight excluding hydrogens is 250 g/mol. The molecule has 2 aromatic rings. The molecule has 1 atom stereocenters. The van der Waals surface area contributed by atoms with Gasteiger partial charge in [-0.3, -0.25) is 9.78 Å². The maximum atomic E-state index is 11.5. The summed E-state index contributed by atoms with van der Waals surface area (Å²) in [5.74, 6) is -1.21. The summed E-state index contributed by atoms with van der Waals surface area (Å²) in [6, 6.07) is 9.82. The number of aromatic nitrogens is 1. The lowest BCUT2D eigenvalue weighted by atomic mass is 9.89. The quantitative estimate of drug-likeness (QED) is 0.903. The Morgan fingerprint density at radius 1 is 1.20 bits per heavy atom. The molecule has 0 radical (unpaired) electrons. The molecule has 1 aromatic carbocycles. The molecule has 3 nitrogen and oxygen atoms in total. The van der Waals surface area contributed by atoms with Gasteiger partial charge in [0.2, 0.25) is 0 Å². The number of carboxylic acid groups (broad SMARTS) is 1. The Labute approximate surface area is 119 Å². The van der Waals surface area contributed by atoms with Crippen molar-refractivity contribution >= 4 is 5.97 Å². The molecule has 0 aliphatic carbocycles. The Bertz CT molecular complexity index is 593. The molecule has 0 aliphatic rings. The summed E-state index contributed by atoms with van der Waals surface area (Å²) in [5, 5.41) is 9.49. The second-order valence-corrected chi connectivity index (χ2v) is 5.15. The molecule has 0 saturated heterocycles. The Balaban J connectivity index is 2.17. The zero-order valence-corrected chi connectivity index (χ0v) is 11.8. The number of nitrogens with zero attached hydrogens (tertiary/aromatic N) is 1. The number of carboxylic acids is 1. The molecule has 0 spiro atoms. The molecule has 1 heterocycles. The molecule has 0 amide bonds. The number of pyridine rings is 1. The molecule has 0 bridgehead atoms. The standard InChI is InChI=1S/C17H19NO2/c1-12-3-5-15(13(2)11-12)16(17(19)20)6-4-14-7-9-18-10-8-14/h3,5,7-11,16H,4,6H2,1-2H3,(H,19,20). The minimum absolute atomic E-state index is 0.455. The first-order valence-electron chi connectivity index (χ1n) is 6.77. The van der Waals surface area contributed by atoms with Crippen molar-refractivity contribution in [3.05, 3.63) is 65.0 Å². The Morgan fingerprint density at radius 3 is 2.50 bits per heavy atom. The molecule has 104 valence electrons. The summed E-state index contributed by atoms with van der Waals surface area (Å²) in [6.45, 7) is 3.99. The number of hydrogen-bond acceptors (Lipinski definition) is 2. The predicted octanol–water partition coefficient (Wildman–Crippen LogP) is 3.50. The van der Waals surface area contributed by atoms with E-state index in [-0.39, 0.29) is 0 Å². The maximum absolute atomic E-state index is 11.5. The van der Waals surface area contributed by atoms with E-state index < -0.39 is 11.9 Å². The van der Waals surface area contributed by atoms with Gasteiger partial charge in [-0.1, -0.05) is 23.8 Å². The van der Waals surface area contributed by atoms with E-state index in [9.17, 15) is 9.90 Å². The van der Waals surface area contributed by atoms with E-state index >= 15 is 0 Å². The first-order chi connectivity index (χ1) is 9.58. The molecular formula is C17H19NO2. The monoisotopic (exact) mass is 269 g/mol. The van der Waals surface area contributed by atoms with Gasteiger partial charge in [-0.15, -0.1) is 0 Å². The van der Waals surface area contributed by atoms with Crippen molar-refractivity contribution in [3.63, 3.8) is 0 Å². The lowest BCUT2D eigenvalue weighted by Gasteiger charge is -2.16. The van der Waals surface area contributed by atoms with Crippen molar-refractivity contribution in [2.75, 3.05) is 0 Å². The summed E-state index contributed by atoms with van der Waals surface area (Å²) >= 11 is 0. The number of hydrogen-bond donors (Lipinski definition) is 1. The molecule has 3 heteroatoms. The maximum Gasteiger partial charge on any atom is 0.310 e. The van der Waals surface area contributed by atoms with Crippen LogP contribution in [-0.2, 0) is 11.2 Å². The fourth-order valence-electron chi connectivity index (χ4n) is 2.49. The fourth-order valence-corrected chi connectivity index (χ4v) is 2.49. The Kier molecular flexibility index (Phi) is 4.51. The molecule has 1 aromatic heterocycles. The van der Waals surface area contributed by atoms with Crippen LogP contribution in [0.2, 0.25) is 0 Å². The smallest absolute Gasteiger partial charge is 0.310 e. The van der Waals surface area contributed by atoms with Crippen LogP contribution in [0.25, 0.3) is 0 Å². The lowest BCUT2D eigenvalue weighted by molar-refractivity contribution is -0.139. The van der Waals surface area contributed by atoms with Crippen LogP contribution in [-0.4, -0.2) is 16.1 Å². The minimum Gasteiger partial charge on any atom is -0.481 e. The van der Waals surface area contributed by atoms with Crippen LogP contribution >= 0.6 is 0 Å². The molecule has 1 unspecified atom stereocenters. The second kappa shape index (κ2) is 6.33. The van der Waals surface area contributed by atoms with Crippen molar-refractivity contribution in [2.24, 2.45) is 0 Å². The average molecular weight is 269 g/mol. The third-order valence-electron chi connectivity index (χ3n) is 3.57. The van der Waals surface area contributed by atoms with Crippen LogP contribution in [0.1, 0.15) is 34.6 Å². The van der Waals surface area contributed by atoms with Crippen LogP contribution in [0.15, 0.2) is 42.7 Å². The fraction of sp³-hybridized carbons (Fsp3) is 0.294. The van der Waals surface area contributed by atoms with Crippen molar-refractivity contribution < 1.29 is 9.90 Å². The van der Waals surface area contributed by atoms with Gasteiger partial charge in [0, 0.05) is 12.4 Å². The van der Waals surface area contributed by atoms with Gasteiger partial charge in [0.05, 0.1) is 5.92 Å². The van der Waals surface area contributed by atoms with Gasteiger partial charge >= 0.3 is 5.97 Å². The van der Waals surface area contributed by atoms with Crippen LogP contribution in [0.3, 0.4) is 0 Å². The highest BCUT2D eigenvalue weighted by Gasteiger charge is 2.21. The normalized spacial score (nSPS) is 12.1. The van der Waals surface area contributed by atoms with Gasteiger partial charge in [-0.05, 0) is 55.5 Å². The first-order valence-corrected chi connectivity index (χ1v) is 6.77. The number of aliphatic carboxylic acids is 1. The van der Waals surface area contributed by atoms with Crippen molar-refractivity contribution in [1.82, 2.24) is 4.98 Å². The molecule has 2 rings (SSSR count). The van der Waals surface area contributed by atoms with E-state index in [1.165, 1.54) is 0 Å². The van der Waals surface area contributed by atoms with Crippen molar-refractivity contribution in [2.45, 2.75) is 32.6 Å². The van der Waals surface area contributed by atoms with E-state index in [0.29, 0.717) is 6.42 Å². The molecule has 0 fully saturated rings. The average Bonchev–Trinajstić information content (AvgIpc) is 2.42. The van der Waals surface area contributed by atoms with Gasteiger partial charge in [0.15, 0.2) is 0 Å². The van der Waals surface area contributed by atoms with Gasteiger partial charge in [0.1, 0.15) is 0 Å². The summed E-state index contributed by atoms with van der Waals surface area (Å²) in [4.78, 5) is 15.5. The summed E-state index contributed by atoms with van der Waals surface area (Å²) in [6.07, 6.45) is 4.82. The van der Waals surface area contributed by atoms with E-state index in [2.05, 4.69) is 4.98 Å². The highest BCUT2D eigenvalue weighted by molar-refractivity contribution is 5.76. The van der Waals surface area contributed by atoms with Crippen molar-refractivity contribution in [1.29, 1.82) is 0 Å². The summed E-state index contributed by atoms with van der Waals surface area (Å²) in [5.41, 5.74) is 4.24. The highest BCUT2D eigenvalue weighted by Crippen LogP contribution is 2.26. The second-order valence-electron chi connectivity index (χ2n) is 5.15. The van der Waals surface area contributed by atoms with Gasteiger partial charge < -0.3 is 5.11 Å². The van der Waals surface area contributed by atoms with E-state index in [4.69, 9.17) is 0 Å². The largest absolute Gasteiger partial charge is 0.481 e. The first kappa shape index (κ1) is 14.3. The van der Waals surface area contributed by atoms with Crippen LogP contribution in [0, 0.1) is 13.8 Å². The SMILES string of the molecule is Cc1ccc(C(CCc2ccncc2)C(=O)O)c(C)c1. The van der Waals surface area contributed by atoms with E-state index in [1.807, 2.05) is 44.2 Å². The zero-order valence-electron chi connectivity index (χ0n) is 11.8. The van der Waals surface area contributed by atoms with Crippen LogP contribution in [0.5, 0.6) is 0 Å². The minimum atomic E-state index is -0.758. The molecule has 20 heavy (non-hydrogen) atoms. The van der Waals surface area contributed by atoms with Crippen LogP contribution in [0.4, 0.5) is 0 Å². The number of rotatable bonds is 5. The molecule has 0 saturated carbocycles. The van der Waals surface area contributed by atoms with E-state index in [0.717, 1.165) is 28.7 Å². The zero-order chi connectivity index (χ0) is 14.5. The number of carbonyl (C=O) groups is 1. The predicted molar refractivity (Wildman–Crippen MR) is 78.9 cm³/mol. The van der Waals surface area contributed by atoms with E-state index in [1.54, 1.807) is 12.4 Å².